The van der Waals surface area contributed by atoms with E-state index >= 15 is 0 Å². The molecule has 0 fully saturated rings. The van der Waals surface area contributed by atoms with Gasteiger partial charge >= 0.3 is 0 Å². The van der Waals surface area contributed by atoms with E-state index in [9.17, 15) is 13.2 Å². The Hall–Kier alpha value is -1.20. The number of benzene rings is 1. The van der Waals surface area contributed by atoms with Gasteiger partial charge in [-0.3, -0.25) is 4.79 Å². The van der Waals surface area contributed by atoms with Gasteiger partial charge < -0.3 is 0 Å². The number of hydrogen-bond donors (Lipinski definition) is 0. The van der Waals surface area contributed by atoms with Crippen LogP contribution in [0.5, 0.6) is 0 Å². The fourth-order valence-electron chi connectivity index (χ4n) is 1.92. The molecule has 5 heteroatoms. The second kappa shape index (κ2) is 7.55. The van der Waals surface area contributed by atoms with E-state index in [0.29, 0.717) is 18.5 Å². The van der Waals surface area contributed by atoms with Gasteiger partial charge in [-0.15, -0.1) is 0 Å². The van der Waals surface area contributed by atoms with E-state index < -0.39 is 10.0 Å². The van der Waals surface area contributed by atoms with Crippen LogP contribution in [0.15, 0.2) is 29.2 Å². The maximum absolute atomic E-state index is 12.4. The topological polar surface area (TPSA) is 54.5 Å². The highest BCUT2D eigenvalue weighted by molar-refractivity contribution is 7.89. The molecule has 0 N–H and O–H groups in total. The molecule has 0 saturated heterocycles. The number of Topliss-reactive ketones (excluding diaryl/α,β-unsaturated/α-hetero) is 1. The second-order valence-electron chi connectivity index (χ2n) is 4.84. The molecule has 0 amide bonds. The van der Waals surface area contributed by atoms with Gasteiger partial charge in [0.25, 0.3) is 0 Å². The zero-order valence-electron chi connectivity index (χ0n) is 12.4. The summed E-state index contributed by atoms with van der Waals surface area (Å²) in [7, 11) is -1.92. The molecular formula is C15H23NO3S. The Morgan fingerprint density at radius 2 is 1.90 bits per heavy atom. The molecule has 0 aromatic heterocycles. The molecule has 0 atom stereocenters. The largest absolute Gasteiger partial charge is 0.294 e. The normalized spacial score (nSPS) is 11.8. The van der Waals surface area contributed by atoms with Gasteiger partial charge in [0.2, 0.25) is 10.0 Å². The van der Waals surface area contributed by atoms with Crippen molar-refractivity contribution >= 4 is 15.8 Å². The lowest BCUT2D eigenvalue weighted by molar-refractivity contribution is 0.0988. The van der Waals surface area contributed by atoms with Crippen LogP contribution in [0.2, 0.25) is 0 Å². The summed E-state index contributed by atoms with van der Waals surface area (Å²) in [5, 5.41) is 0. The predicted molar refractivity (Wildman–Crippen MR) is 80.4 cm³/mol. The first kappa shape index (κ1) is 16.9. The maximum atomic E-state index is 12.4. The molecule has 112 valence electrons. The first-order valence-corrected chi connectivity index (χ1v) is 8.47. The lowest BCUT2D eigenvalue weighted by Crippen LogP contribution is -2.28. The van der Waals surface area contributed by atoms with Gasteiger partial charge in [-0.05, 0) is 18.6 Å². The molecule has 1 rings (SSSR count). The van der Waals surface area contributed by atoms with Gasteiger partial charge in [-0.1, -0.05) is 38.8 Å². The van der Waals surface area contributed by atoms with Gasteiger partial charge in [0, 0.05) is 25.6 Å². The molecule has 20 heavy (non-hydrogen) atoms. The van der Waals surface area contributed by atoms with E-state index in [-0.39, 0.29) is 10.7 Å². The van der Waals surface area contributed by atoms with Gasteiger partial charge in [0.1, 0.15) is 0 Å². The Morgan fingerprint density at radius 1 is 1.20 bits per heavy atom. The molecule has 0 bridgehead atoms. The molecule has 0 aliphatic carbocycles. The Labute approximate surface area is 121 Å². The van der Waals surface area contributed by atoms with Crippen molar-refractivity contribution in [3.05, 3.63) is 29.8 Å². The summed E-state index contributed by atoms with van der Waals surface area (Å²) >= 11 is 0. The number of ketones is 1. The van der Waals surface area contributed by atoms with Gasteiger partial charge in [-0.2, -0.15) is 0 Å². The molecule has 0 radical (unpaired) electrons. The van der Waals surface area contributed by atoms with Crippen molar-refractivity contribution in [1.29, 1.82) is 0 Å². The van der Waals surface area contributed by atoms with Crippen LogP contribution in [-0.4, -0.2) is 32.1 Å². The third-order valence-electron chi connectivity index (χ3n) is 3.26. The Bertz CT molecular complexity index is 552. The minimum absolute atomic E-state index is 0.0457. The van der Waals surface area contributed by atoms with E-state index in [1.165, 1.54) is 16.4 Å². The molecule has 0 aliphatic heterocycles. The lowest BCUT2D eigenvalue weighted by atomic mass is 10.1. The third kappa shape index (κ3) is 4.15. The minimum Gasteiger partial charge on any atom is -0.294 e. The number of hydrogen-bond acceptors (Lipinski definition) is 3. The van der Waals surface area contributed by atoms with Crippen molar-refractivity contribution in [2.75, 3.05) is 13.6 Å². The average Bonchev–Trinajstić information content (AvgIpc) is 2.46. The van der Waals surface area contributed by atoms with Crippen molar-refractivity contribution in [3.8, 4) is 0 Å². The van der Waals surface area contributed by atoms with Crippen LogP contribution in [-0.2, 0) is 10.0 Å². The first-order chi connectivity index (χ1) is 9.43. The monoisotopic (exact) mass is 297 g/mol. The Kier molecular flexibility index (Phi) is 6.36. The number of unbranched alkanes of at least 4 members (excludes halogenated alkanes) is 2. The summed E-state index contributed by atoms with van der Waals surface area (Å²) < 4.78 is 26.2. The van der Waals surface area contributed by atoms with E-state index in [4.69, 9.17) is 0 Å². The number of sulfonamides is 1. The van der Waals surface area contributed by atoms with Crippen LogP contribution >= 0.6 is 0 Å². The van der Waals surface area contributed by atoms with Crippen molar-refractivity contribution < 1.29 is 13.2 Å². The summed E-state index contributed by atoms with van der Waals surface area (Å²) in [6, 6.07) is 6.28. The van der Waals surface area contributed by atoms with Crippen LogP contribution in [0, 0.1) is 0 Å². The zero-order chi connectivity index (χ0) is 15.2. The van der Waals surface area contributed by atoms with Crippen LogP contribution in [0.4, 0.5) is 0 Å². The van der Waals surface area contributed by atoms with Crippen LogP contribution in [0.3, 0.4) is 0 Å². The van der Waals surface area contributed by atoms with Crippen LogP contribution in [0.25, 0.3) is 0 Å². The third-order valence-corrected chi connectivity index (χ3v) is 5.11. The second-order valence-corrected chi connectivity index (χ2v) is 6.88. The highest BCUT2D eigenvalue weighted by Crippen LogP contribution is 2.17. The van der Waals surface area contributed by atoms with E-state index in [2.05, 4.69) is 6.92 Å². The Balaban J connectivity index is 2.94. The smallest absolute Gasteiger partial charge is 0.242 e. The van der Waals surface area contributed by atoms with Crippen molar-refractivity contribution in [2.45, 2.75) is 44.4 Å². The van der Waals surface area contributed by atoms with Gasteiger partial charge in [-0.25, -0.2) is 12.7 Å². The Morgan fingerprint density at radius 3 is 2.50 bits per heavy atom. The van der Waals surface area contributed by atoms with Crippen molar-refractivity contribution in [1.82, 2.24) is 4.31 Å². The number of carbonyl (C=O) groups excluding carboxylic acids is 1. The molecule has 0 heterocycles. The molecule has 0 unspecified atom stereocenters. The minimum atomic E-state index is -3.50. The predicted octanol–water partition coefficient (Wildman–Crippen LogP) is 3.09. The molecule has 1 aromatic rings. The average molecular weight is 297 g/mol. The van der Waals surface area contributed by atoms with Gasteiger partial charge in [0.05, 0.1) is 4.90 Å². The highest BCUT2D eigenvalue weighted by Gasteiger charge is 2.21. The lowest BCUT2D eigenvalue weighted by Gasteiger charge is -2.17. The SMILES string of the molecule is CCCCCN(C)S(=O)(=O)c1cccc(C(=O)CC)c1. The maximum Gasteiger partial charge on any atom is 0.242 e. The fraction of sp³-hybridized carbons (Fsp3) is 0.533. The number of rotatable bonds is 8. The van der Waals surface area contributed by atoms with Crippen LogP contribution < -0.4 is 0 Å². The van der Waals surface area contributed by atoms with E-state index in [1.807, 2.05) is 0 Å². The standard InChI is InChI=1S/C15H23NO3S/c1-4-6-7-11-16(3)20(18,19)14-10-8-9-13(12-14)15(17)5-2/h8-10,12H,4-7,11H2,1-3H3. The molecule has 0 saturated carbocycles. The molecule has 0 spiro atoms. The molecular weight excluding hydrogens is 274 g/mol. The first-order valence-electron chi connectivity index (χ1n) is 7.03. The van der Waals surface area contributed by atoms with Gasteiger partial charge in [0.15, 0.2) is 5.78 Å². The summed E-state index contributed by atoms with van der Waals surface area (Å²) in [5.41, 5.74) is 0.454. The van der Waals surface area contributed by atoms with E-state index in [0.717, 1.165) is 19.3 Å². The zero-order valence-corrected chi connectivity index (χ0v) is 13.2. The molecule has 1 aromatic carbocycles. The van der Waals surface area contributed by atoms with Crippen molar-refractivity contribution in [3.63, 3.8) is 0 Å². The fourth-order valence-corrected chi connectivity index (χ4v) is 3.17. The summed E-state index contributed by atoms with van der Waals surface area (Å²) in [6.07, 6.45) is 3.28. The summed E-state index contributed by atoms with van der Waals surface area (Å²) in [5.74, 6) is -0.0457. The molecule has 0 aliphatic rings. The molecule has 4 nitrogen and oxygen atoms in total. The van der Waals surface area contributed by atoms with Crippen molar-refractivity contribution in [2.24, 2.45) is 0 Å². The quantitative estimate of drug-likeness (QED) is 0.547. The summed E-state index contributed by atoms with van der Waals surface area (Å²) in [6.45, 7) is 4.34. The highest BCUT2D eigenvalue weighted by atomic mass is 32.2. The summed E-state index contributed by atoms with van der Waals surface area (Å²) in [4.78, 5) is 11.9. The van der Waals surface area contributed by atoms with E-state index in [1.54, 1.807) is 26.1 Å². The number of carbonyl (C=O) groups is 1. The number of nitrogens with zero attached hydrogens (tertiary/aromatic N) is 1. The van der Waals surface area contributed by atoms with Crippen LogP contribution in [0.1, 0.15) is 49.9 Å².